The van der Waals surface area contributed by atoms with E-state index in [2.05, 4.69) is 16.9 Å². The van der Waals surface area contributed by atoms with Crippen LogP contribution in [0.15, 0.2) is 27.8 Å². The molecule has 0 radical (unpaired) electrons. The number of nitrogens with one attached hydrogen (secondary N) is 1. The summed E-state index contributed by atoms with van der Waals surface area (Å²) in [7, 11) is 2.06. The van der Waals surface area contributed by atoms with Crippen LogP contribution in [0.5, 0.6) is 0 Å². The highest BCUT2D eigenvalue weighted by Crippen LogP contribution is 2.19. The predicted octanol–water partition coefficient (Wildman–Crippen LogP) is 1.26. The van der Waals surface area contributed by atoms with Crippen molar-refractivity contribution in [3.05, 3.63) is 44.6 Å². The third kappa shape index (κ3) is 2.18. The molecule has 0 spiro atoms. The minimum atomic E-state index is -0.291. The first-order valence-corrected chi connectivity index (χ1v) is 7.00. The van der Waals surface area contributed by atoms with E-state index in [1.54, 1.807) is 6.07 Å². The first-order valence-electron chi connectivity index (χ1n) is 7.00. The van der Waals surface area contributed by atoms with Gasteiger partial charge in [-0.2, -0.15) is 0 Å². The zero-order valence-electron chi connectivity index (χ0n) is 11.8. The largest absolute Gasteiger partial charge is 0.329 e. The summed E-state index contributed by atoms with van der Waals surface area (Å²) in [4.78, 5) is 29.9. The Labute approximate surface area is 116 Å². The second kappa shape index (κ2) is 4.90. The first kappa shape index (κ1) is 13.1. The summed E-state index contributed by atoms with van der Waals surface area (Å²) in [5.41, 5.74) is 1.19. The molecule has 3 rings (SSSR count). The Bertz CT molecular complexity index is 752. The topological polar surface area (TPSA) is 58.1 Å². The Balaban J connectivity index is 2.16. The molecule has 5 nitrogen and oxygen atoms in total. The van der Waals surface area contributed by atoms with Crippen molar-refractivity contribution in [2.24, 2.45) is 0 Å². The number of hydrogen-bond donors (Lipinski definition) is 1. The van der Waals surface area contributed by atoms with Crippen molar-refractivity contribution in [1.82, 2.24) is 14.5 Å². The third-order valence-corrected chi connectivity index (χ3v) is 4.14. The van der Waals surface area contributed by atoms with Crippen LogP contribution in [0.3, 0.4) is 0 Å². The molecule has 0 saturated carbocycles. The SMILES string of the molecule is Cc1ccc2[nH]c(=O)n(C3CCN(C)CC3)c(=O)c2c1. The van der Waals surface area contributed by atoms with E-state index in [1.807, 2.05) is 19.1 Å². The van der Waals surface area contributed by atoms with E-state index in [0.717, 1.165) is 31.5 Å². The Morgan fingerprint density at radius 3 is 2.60 bits per heavy atom. The zero-order chi connectivity index (χ0) is 14.3. The van der Waals surface area contributed by atoms with Crippen LogP contribution < -0.4 is 11.2 Å². The van der Waals surface area contributed by atoms with Crippen molar-refractivity contribution >= 4 is 10.9 Å². The molecule has 1 saturated heterocycles. The number of hydrogen-bond acceptors (Lipinski definition) is 3. The predicted molar refractivity (Wildman–Crippen MR) is 79.3 cm³/mol. The number of aryl methyl sites for hydroxylation is 1. The molecule has 0 unspecified atom stereocenters. The van der Waals surface area contributed by atoms with Crippen LogP contribution in [0.1, 0.15) is 24.4 Å². The van der Waals surface area contributed by atoms with E-state index in [0.29, 0.717) is 10.9 Å². The minimum Gasteiger partial charge on any atom is -0.307 e. The lowest BCUT2D eigenvalue weighted by molar-refractivity contribution is 0.216. The fraction of sp³-hybridized carbons (Fsp3) is 0.467. The molecule has 106 valence electrons. The molecule has 1 aromatic heterocycles. The van der Waals surface area contributed by atoms with Gasteiger partial charge in [0.15, 0.2) is 0 Å². The van der Waals surface area contributed by atoms with E-state index >= 15 is 0 Å². The van der Waals surface area contributed by atoms with Crippen molar-refractivity contribution in [2.75, 3.05) is 20.1 Å². The molecule has 0 aliphatic carbocycles. The van der Waals surface area contributed by atoms with Gasteiger partial charge < -0.3 is 9.88 Å². The van der Waals surface area contributed by atoms with Crippen LogP contribution in [-0.4, -0.2) is 34.6 Å². The molecule has 0 amide bonds. The number of H-pyrrole nitrogens is 1. The number of aromatic amines is 1. The quantitative estimate of drug-likeness (QED) is 0.851. The maximum absolute atomic E-state index is 12.6. The molecule has 5 heteroatoms. The molecule has 0 bridgehead atoms. The van der Waals surface area contributed by atoms with Crippen molar-refractivity contribution < 1.29 is 0 Å². The average Bonchev–Trinajstić information content (AvgIpc) is 2.42. The fourth-order valence-corrected chi connectivity index (χ4v) is 2.93. The molecule has 0 atom stereocenters. The number of nitrogens with zero attached hydrogens (tertiary/aromatic N) is 2. The Morgan fingerprint density at radius 2 is 1.90 bits per heavy atom. The summed E-state index contributed by atoms with van der Waals surface area (Å²) in [6, 6.07) is 5.55. The maximum Gasteiger partial charge on any atom is 0.329 e. The fourth-order valence-electron chi connectivity index (χ4n) is 2.93. The van der Waals surface area contributed by atoms with Crippen molar-refractivity contribution in [2.45, 2.75) is 25.8 Å². The van der Waals surface area contributed by atoms with E-state index in [4.69, 9.17) is 0 Å². The second-order valence-electron chi connectivity index (χ2n) is 5.69. The van der Waals surface area contributed by atoms with Gasteiger partial charge in [-0.15, -0.1) is 0 Å². The summed E-state index contributed by atoms with van der Waals surface area (Å²) >= 11 is 0. The van der Waals surface area contributed by atoms with Crippen LogP contribution in [0.4, 0.5) is 0 Å². The van der Waals surface area contributed by atoms with Gasteiger partial charge >= 0.3 is 5.69 Å². The van der Waals surface area contributed by atoms with Crippen LogP contribution in [-0.2, 0) is 0 Å². The van der Waals surface area contributed by atoms with Crippen LogP contribution in [0, 0.1) is 6.92 Å². The van der Waals surface area contributed by atoms with Gasteiger partial charge in [-0.3, -0.25) is 9.36 Å². The number of aromatic nitrogens is 2. The Kier molecular flexibility index (Phi) is 3.22. The second-order valence-corrected chi connectivity index (χ2v) is 5.69. The van der Waals surface area contributed by atoms with Crippen molar-refractivity contribution in [1.29, 1.82) is 0 Å². The van der Waals surface area contributed by atoms with Gasteiger partial charge in [0.05, 0.1) is 10.9 Å². The summed E-state index contributed by atoms with van der Waals surface area (Å²) in [6.45, 7) is 3.79. The highest BCUT2D eigenvalue weighted by Gasteiger charge is 2.22. The molecule has 1 aromatic carbocycles. The van der Waals surface area contributed by atoms with Crippen molar-refractivity contribution in [3.8, 4) is 0 Å². The highest BCUT2D eigenvalue weighted by atomic mass is 16.2. The van der Waals surface area contributed by atoms with E-state index in [9.17, 15) is 9.59 Å². The summed E-state index contributed by atoms with van der Waals surface area (Å²) in [6.07, 6.45) is 1.69. The van der Waals surface area contributed by atoms with E-state index in [-0.39, 0.29) is 17.3 Å². The minimum absolute atomic E-state index is 0.00682. The van der Waals surface area contributed by atoms with Crippen molar-refractivity contribution in [3.63, 3.8) is 0 Å². The number of likely N-dealkylation sites (tertiary alicyclic amines) is 1. The highest BCUT2D eigenvalue weighted by molar-refractivity contribution is 5.77. The van der Waals surface area contributed by atoms with E-state index in [1.165, 1.54) is 4.57 Å². The molecule has 1 aliphatic rings. The van der Waals surface area contributed by atoms with Crippen LogP contribution >= 0.6 is 0 Å². The zero-order valence-corrected chi connectivity index (χ0v) is 11.8. The lowest BCUT2D eigenvalue weighted by atomic mass is 10.0. The number of piperidine rings is 1. The molecule has 20 heavy (non-hydrogen) atoms. The molecule has 1 aliphatic heterocycles. The van der Waals surface area contributed by atoms with Crippen LogP contribution in [0.25, 0.3) is 10.9 Å². The maximum atomic E-state index is 12.6. The van der Waals surface area contributed by atoms with Gasteiger partial charge in [0.1, 0.15) is 0 Å². The number of rotatable bonds is 1. The summed E-state index contributed by atoms with van der Waals surface area (Å²) < 4.78 is 1.41. The van der Waals surface area contributed by atoms with Crippen LogP contribution in [0.2, 0.25) is 0 Å². The van der Waals surface area contributed by atoms with Gasteiger partial charge in [0.2, 0.25) is 0 Å². The molecule has 2 heterocycles. The molecule has 1 fully saturated rings. The normalized spacial score (nSPS) is 17.7. The Morgan fingerprint density at radius 1 is 1.20 bits per heavy atom. The lowest BCUT2D eigenvalue weighted by Crippen LogP contribution is -2.42. The summed E-state index contributed by atoms with van der Waals surface area (Å²) in [5.74, 6) is 0. The molecular formula is C15H19N3O2. The monoisotopic (exact) mass is 273 g/mol. The van der Waals surface area contributed by atoms with Gasteiger partial charge in [-0.05, 0) is 52.0 Å². The van der Waals surface area contributed by atoms with E-state index < -0.39 is 0 Å². The molecule has 2 aromatic rings. The first-order chi connectivity index (χ1) is 9.56. The number of fused-ring (bicyclic) bond motifs is 1. The standard InChI is InChI=1S/C15H19N3O2/c1-10-3-4-13-12(9-10)14(19)18(15(20)16-13)11-5-7-17(2)8-6-11/h3-4,9,11H,5-8H2,1-2H3,(H,16,20). The molecular weight excluding hydrogens is 254 g/mol. The van der Waals surface area contributed by atoms with Gasteiger partial charge in [0.25, 0.3) is 5.56 Å². The smallest absolute Gasteiger partial charge is 0.307 e. The lowest BCUT2D eigenvalue weighted by Gasteiger charge is -2.29. The average molecular weight is 273 g/mol. The van der Waals surface area contributed by atoms with Gasteiger partial charge in [0, 0.05) is 6.04 Å². The van der Waals surface area contributed by atoms with Gasteiger partial charge in [-0.1, -0.05) is 11.6 Å². The summed E-state index contributed by atoms with van der Waals surface area (Å²) in [5, 5.41) is 0.600. The molecule has 1 N–H and O–H groups in total. The Hall–Kier alpha value is -1.88. The third-order valence-electron chi connectivity index (χ3n) is 4.14. The van der Waals surface area contributed by atoms with Gasteiger partial charge in [-0.25, -0.2) is 4.79 Å². The number of benzene rings is 1.